The molecule has 2 rings (SSSR count). The molecule has 0 saturated heterocycles. The van der Waals surface area contributed by atoms with Crippen molar-refractivity contribution >= 4 is 11.9 Å². The normalized spacial score (nSPS) is 13.1. The molecule has 0 radical (unpaired) electrons. The maximum Gasteiger partial charge on any atom is 0.194 e. The van der Waals surface area contributed by atoms with Crippen molar-refractivity contribution in [2.75, 3.05) is 6.61 Å². The Balaban J connectivity index is 1.97. The molecule has 0 fully saturated rings. The molecule has 2 aromatic rings. The third-order valence-electron chi connectivity index (χ3n) is 3.50. The van der Waals surface area contributed by atoms with Gasteiger partial charge < -0.3 is 14.6 Å². The highest BCUT2D eigenvalue weighted by Gasteiger charge is 2.15. The number of nitrogens with one attached hydrogen (secondary N) is 1. The molecule has 0 spiro atoms. The topological polar surface area (TPSA) is 67.8 Å². The molecule has 0 saturated carbocycles. The first-order valence-electron chi connectivity index (χ1n) is 8.87. The van der Waals surface area contributed by atoms with Crippen LogP contribution in [0.3, 0.4) is 0 Å². The summed E-state index contributed by atoms with van der Waals surface area (Å²) in [6.07, 6.45) is 0.945. The Morgan fingerprint density at radius 1 is 1.07 bits per heavy atom. The summed E-state index contributed by atoms with van der Waals surface area (Å²) >= 11 is 0. The highest BCUT2D eigenvalue weighted by Crippen LogP contribution is 2.21. The van der Waals surface area contributed by atoms with Crippen LogP contribution in [0.25, 0.3) is 6.08 Å². The fourth-order valence-corrected chi connectivity index (χ4v) is 2.35. The zero-order valence-corrected chi connectivity index (χ0v) is 16.2. The van der Waals surface area contributed by atoms with Gasteiger partial charge in [-0.2, -0.15) is 0 Å². The van der Waals surface area contributed by atoms with Gasteiger partial charge in [0.2, 0.25) is 0 Å². The largest absolute Gasteiger partial charge is 0.489 e. The van der Waals surface area contributed by atoms with E-state index < -0.39 is 6.23 Å². The van der Waals surface area contributed by atoms with Crippen LogP contribution in [0.2, 0.25) is 0 Å². The van der Waals surface area contributed by atoms with Gasteiger partial charge in [0.25, 0.3) is 0 Å². The number of rotatable bonds is 8. The number of ether oxygens (including phenoxy) is 2. The molecule has 0 aliphatic carbocycles. The number of allylic oxidation sites excluding steroid dienone is 1. The van der Waals surface area contributed by atoms with Gasteiger partial charge in [-0.25, -0.2) is 0 Å². The van der Waals surface area contributed by atoms with E-state index in [1.165, 1.54) is 6.92 Å². The van der Waals surface area contributed by atoms with Crippen LogP contribution in [0.4, 0.5) is 0 Å². The number of aliphatic hydroxyl groups is 1. The maximum atomic E-state index is 11.9. The molecule has 2 N–H and O–H groups in total. The van der Waals surface area contributed by atoms with E-state index in [0.29, 0.717) is 11.5 Å². The summed E-state index contributed by atoms with van der Waals surface area (Å²) in [5.74, 6) is 1.25. The van der Waals surface area contributed by atoms with Crippen molar-refractivity contribution in [1.29, 1.82) is 0 Å². The van der Waals surface area contributed by atoms with E-state index in [-0.39, 0.29) is 23.7 Å². The van der Waals surface area contributed by atoms with Gasteiger partial charge in [0.1, 0.15) is 24.3 Å². The summed E-state index contributed by atoms with van der Waals surface area (Å²) in [7, 11) is 0. The van der Waals surface area contributed by atoms with E-state index in [1.807, 2.05) is 51.1 Å². The Hall–Kier alpha value is -2.63. The molecule has 1 atom stereocenters. The molecule has 5 nitrogen and oxygen atoms in total. The zero-order chi connectivity index (χ0) is 19.9. The van der Waals surface area contributed by atoms with Crippen LogP contribution in [-0.4, -0.2) is 29.3 Å². The van der Waals surface area contributed by atoms with Gasteiger partial charge in [-0.05, 0) is 56.7 Å². The van der Waals surface area contributed by atoms with Crippen LogP contribution < -0.4 is 14.8 Å². The van der Waals surface area contributed by atoms with E-state index in [4.69, 9.17) is 9.47 Å². The van der Waals surface area contributed by atoms with Crippen LogP contribution in [0, 0.1) is 0 Å². The van der Waals surface area contributed by atoms with Crippen LogP contribution in [-0.2, 0) is 4.79 Å². The van der Waals surface area contributed by atoms with E-state index in [0.717, 1.165) is 5.56 Å². The standard InChI is InChI=1S/C22H27NO4/c1-16(24)20(14-17-8-6-5-7-9-17)27-19-12-10-18(11-13-19)26-15-21(25)23-22(2,3)4/h5-14,21,23,25H,15H2,1-4H3/b20-14+. The highest BCUT2D eigenvalue weighted by atomic mass is 16.5. The Bertz CT molecular complexity index is 761. The number of aliphatic hydroxyl groups excluding tert-OH is 1. The van der Waals surface area contributed by atoms with Gasteiger partial charge in [0.05, 0.1) is 0 Å². The minimum Gasteiger partial charge on any atom is -0.489 e. The molecular weight excluding hydrogens is 342 g/mol. The second-order valence-electron chi connectivity index (χ2n) is 7.27. The molecule has 144 valence electrons. The van der Waals surface area contributed by atoms with Crippen molar-refractivity contribution in [3.05, 3.63) is 65.9 Å². The predicted octanol–water partition coefficient (Wildman–Crippen LogP) is 3.78. The summed E-state index contributed by atoms with van der Waals surface area (Å²) in [4.78, 5) is 11.9. The van der Waals surface area contributed by atoms with Gasteiger partial charge in [-0.15, -0.1) is 0 Å². The first-order chi connectivity index (χ1) is 12.7. The monoisotopic (exact) mass is 369 g/mol. The quantitative estimate of drug-likeness (QED) is 0.421. The molecule has 2 aromatic carbocycles. The molecule has 1 unspecified atom stereocenters. The molecule has 0 amide bonds. The van der Waals surface area contributed by atoms with Crippen LogP contribution in [0.15, 0.2) is 60.4 Å². The van der Waals surface area contributed by atoms with Gasteiger partial charge in [0, 0.05) is 12.5 Å². The molecule has 27 heavy (non-hydrogen) atoms. The van der Waals surface area contributed by atoms with Gasteiger partial charge >= 0.3 is 0 Å². The Labute approximate surface area is 160 Å². The molecule has 0 aliphatic rings. The first kappa shape index (κ1) is 20.7. The van der Waals surface area contributed by atoms with Crippen molar-refractivity contribution in [2.24, 2.45) is 0 Å². The Morgan fingerprint density at radius 2 is 1.67 bits per heavy atom. The number of Topliss-reactive ketones (excluding diaryl/α,β-unsaturated/α-hetero) is 1. The van der Waals surface area contributed by atoms with Gasteiger partial charge in [-0.3, -0.25) is 10.1 Å². The minimum absolute atomic E-state index is 0.129. The second-order valence-corrected chi connectivity index (χ2v) is 7.27. The van der Waals surface area contributed by atoms with E-state index >= 15 is 0 Å². The van der Waals surface area contributed by atoms with E-state index in [2.05, 4.69) is 5.32 Å². The number of hydrogen-bond donors (Lipinski definition) is 2. The highest BCUT2D eigenvalue weighted by molar-refractivity contribution is 5.96. The van der Waals surface area contributed by atoms with Crippen molar-refractivity contribution in [2.45, 2.75) is 39.5 Å². The number of carbonyl (C=O) groups excluding carboxylic acids is 1. The lowest BCUT2D eigenvalue weighted by molar-refractivity contribution is -0.115. The predicted molar refractivity (Wildman–Crippen MR) is 107 cm³/mol. The fourth-order valence-electron chi connectivity index (χ4n) is 2.35. The van der Waals surface area contributed by atoms with Gasteiger partial charge in [-0.1, -0.05) is 30.3 Å². The smallest absolute Gasteiger partial charge is 0.194 e. The van der Waals surface area contributed by atoms with Crippen molar-refractivity contribution in [1.82, 2.24) is 5.32 Å². The lowest BCUT2D eigenvalue weighted by Gasteiger charge is -2.25. The second kappa shape index (κ2) is 9.35. The summed E-state index contributed by atoms with van der Waals surface area (Å²) < 4.78 is 11.3. The molecule has 0 aliphatic heterocycles. The summed E-state index contributed by atoms with van der Waals surface area (Å²) in [6.45, 7) is 7.51. The lowest BCUT2D eigenvalue weighted by Crippen LogP contribution is -2.46. The summed E-state index contributed by atoms with van der Waals surface area (Å²) in [5.41, 5.74) is 0.692. The average Bonchev–Trinajstić information content (AvgIpc) is 2.60. The Morgan fingerprint density at radius 3 is 2.22 bits per heavy atom. The number of ketones is 1. The van der Waals surface area contributed by atoms with Crippen molar-refractivity contribution in [3.63, 3.8) is 0 Å². The Kier molecular flexibility index (Phi) is 7.16. The average molecular weight is 369 g/mol. The minimum atomic E-state index is -0.765. The first-order valence-corrected chi connectivity index (χ1v) is 8.87. The van der Waals surface area contributed by atoms with Crippen LogP contribution >= 0.6 is 0 Å². The third kappa shape index (κ3) is 7.64. The van der Waals surface area contributed by atoms with Crippen LogP contribution in [0.5, 0.6) is 11.5 Å². The van der Waals surface area contributed by atoms with E-state index in [1.54, 1.807) is 30.3 Å². The maximum absolute atomic E-state index is 11.9. The zero-order valence-electron chi connectivity index (χ0n) is 16.2. The molecule has 5 heteroatoms. The third-order valence-corrected chi connectivity index (χ3v) is 3.50. The lowest BCUT2D eigenvalue weighted by atomic mass is 10.1. The van der Waals surface area contributed by atoms with E-state index in [9.17, 15) is 9.90 Å². The fraction of sp³-hybridized carbons (Fsp3) is 0.318. The number of hydrogen-bond acceptors (Lipinski definition) is 5. The van der Waals surface area contributed by atoms with Crippen LogP contribution in [0.1, 0.15) is 33.3 Å². The number of carbonyl (C=O) groups is 1. The number of benzene rings is 2. The van der Waals surface area contributed by atoms with Crippen molar-refractivity contribution in [3.8, 4) is 11.5 Å². The summed E-state index contributed by atoms with van der Waals surface area (Å²) in [5, 5.41) is 12.9. The van der Waals surface area contributed by atoms with Gasteiger partial charge in [0.15, 0.2) is 11.5 Å². The summed E-state index contributed by atoms with van der Waals surface area (Å²) in [6, 6.07) is 16.4. The molecular formula is C22H27NO4. The molecule has 0 bridgehead atoms. The molecule has 0 heterocycles. The molecule has 0 aromatic heterocycles. The SMILES string of the molecule is CC(=O)/C(=C\c1ccccc1)Oc1ccc(OCC(O)NC(C)(C)C)cc1. The van der Waals surface area contributed by atoms with Crippen molar-refractivity contribution < 1.29 is 19.4 Å².